The van der Waals surface area contributed by atoms with Gasteiger partial charge in [0.05, 0.1) is 5.56 Å². The van der Waals surface area contributed by atoms with Crippen molar-refractivity contribution in [2.45, 2.75) is 0 Å². The van der Waals surface area contributed by atoms with E-state index in [1.807, 2.05) is 0 Å². The summed E-state index contributed by atoms with van der Waals surface area (Å²) >= 11 is 0. The second-order valence-corrected chi connectivity index (χ2v) is 3.51. The first kappa shape index (κ1) is 11.1. The van der Waals surface area contributed by atoms with Crippen LogP contribution in [0.5, 0.6) is 5.75 Å². The monoisotopic (exact) mass is 233 g/mol. The summed E-state index contributed by atoms with van der Waals surface area (Å²) < 4.78 is 9.86. The van der Waals surface area contributed by atoms with Crippen molar-refractivity contribution in [2.24, 2.45) is 0 Å². The summed E-state index contributed by atoms with van der Waals surface area (Å²) in [7, 11) is 3.22. The van der Waals surface area contributed by atoms with Crippen LogP contribution in [-0.2, 0) is 0 Å². The molecule has 0 saturated heterocycles. The predicted octanol–water partition coefficient (Wildman–Crippen LogP) is 1.80. The number of benzene rings is 1. The minimum atomic E-state index is -0.457. The Hall–Kier alpha value is -2.37. The molecular formula is C11H11N3O3. The van der Waals surface area contributed by atoms with E-state index < -0.39 is 6.09 Å². The Morgan fingerprint density at radius 2 is 2.12 bits per heavy atom. The molecule has 0 aliphatic heterocycles. The highest BCUT2D eigenvalue weighted by Crippen LogP contribution is 2.27. The molecule has 0 saturated carbocycles. The van der Waals surface area contributed by atoms with Crippen molar-refractivity contribution in [2.75, 3.05) is 14.1 Å². The molecule has 1 aromatic heterocycles. The molecule has 0 N–H and O–H groups in total. The summed E-state index contributed by atoms with van der Waals surface area (Å²) in [6.07, 6.45) is 0.765. The number of aromatic nitrogens is 2. The Balaban J connectivity index is 2.32. The summed E-state index contributed by atoms with van der Waals surface area (Å²) in [6, 6.07) is 7.00. The third kappa shape index (κ3) is 2.41. The quantitative estimate of drug-likeness (QED) is 0.791. The zero-order valence-electron chi connectivity index (χ0n) is 9.45. The lowest BCUT2D eigenvalue weighted by Gasteiger charge is -2.12. The van der Waals surface area contributed by atoms with Crippen LogP contribution in [0.4, 0.5) is 4.79 Å². The maximum Gasteiger partial charge on any atom is 0.414 e. The Morgan fingerprint density at radius 1 is 1.35 bits per heavy atom. The van der Waals surface area contributed by atoms with Gasteiger partial charge < -0.3 is 14.2 Å². The van der Waals surface area contributed by atoms with Crippen LogP contribution in [0, 0.1) is 0 Å². The van der Waals surface area contributed by atoms with Gasteiger partial charge in [0.15, 0.2) is 0 Å². The zero-order valence-corrected chi connectivity index (χ0v) is 9.45. The minimum absolute atomic E-state index is 0.382. The molecule has 17 heavy (non-hydrogen) atoms. The number of carbonyl (C=O) groups is 1. The van der Waals surface area contributed by atoms with E-state index in [1.54, 1.807) is 38.4 Å². The van der Waals surface area contributed by atoms with Crippen molar-refractivity contribution in [1.82, 2.24) is 15.0 Å². The second-order valence-electron chi connectivity index (χ2n) is 3.51. The van der Waals surface area contributed by atoms with Crippen molar-refractivity contribution in [3.05, 3.63) is 30.7 Å². The van der Waals surface area contributed by atoms with Crippen LogP contribution in [0.1, 0.15) is 0 Å². The third-order valence-corrected chi connectivity index (χ3v) is 2.05. The van der Waals surface area contributed by atoms with Gasteiger partial charge in [-0.1, -0.05) is 17.3 Å². The molecule has 0 fully saturated rings. The number of nitrogens with zero attached hydrogens (tertiary/aromatic N) is 3. The van der Waals surface area contributed by atoms with E-state index in [2.05, 4.69) is 14.7 Å². The highest BCUT2D eigenvalue weighted by Gasteiger charge is 2.14. The Labute approximate surface area is 97.8 Å². The molecule has 0 radical (unpaired) electrons. The number of hydrogen-bond donors (Lipinski definition) is 0. The van der Waals surface area contributed by atoms with Gasteiger partial charge in [-0.15, -0.1) is 0 Å². The fourth-order valence-corrected chi connectivity index (χ4v) is 1.21. The predicted molar refractivity (Wildman–Crippen MR) is 59.4 cm³/mol. The fraction of sp³-hybridized carbons (Fsp3) is 0.182. The SMILES string of the molecule is CN(C)C(=O)Oc1ccccc1-c1ncon1. The first-order chi connectivity index (χ1) is 8.18. The van der Waals surface area contributed by atoms with E-state index in [0.29, 0.717) is 17.1 Å². The van der Waals surface area contributed by atoms with E-state index in [0.717, 1.165) is 0 Å². The highest BCUT2D eigenvalue weighted by molar-refractivity contribution is 5.74. The minimum Gasteiger partial charge on any atom is -0.409 e. The van der Waals surface area contributed by atoms with E-state index in [9.17, 15) is 4.79 Å². The zero-order chi connectivity index (χ0) is 12.3. The van der Waals surface area contributed by atoms with Gasteiger partial charge in [0.1, 0.15) is 5.75 Å². The first-order valence-corrected chi connectivity index (χ1v) is 4.93. The number of para-hydroxylation sites is 1. The van der Waals surface area contributed by atoms with Gasteiger partial charge in [-0.25, -0.2) is 4.79 Å². The Bertz CT molecular complexity index is 508. The summed E-state index contributed by atoms with van der Waals surface area (Å²) in [4.78, 5) is 16.7. The van der Waals surface area contributed by atoms with Crippen LogP contribution in [-0.4, -0.2) is 35.2 Å². The van der Waals surface area contributed by atoms with Crippen LogP contribution in [0.25, 0.3) is 11.4 Å². The molecule has 0 unspecified atom stereocenters. The summed E-state index contributed by atoms with van der Waals surface area (Å²) in [5, 5.41) is 3.71. The molecule has 1 aromatic carbocycles. The van der Waals surface area contributed by atoms with E-state index >= 15 is 0 Å². The lowest BCUT2D eigenvalue weighted by atomic mass is 10.2. The van der Waals surface area contributed by atoms with E-state index in [4.69, 9.17) is 4.74 Å². The molecule has 0 spiro atoms. The maximum atomic E-state index is 11.5. The summed E-state index contributed by atoms with van der Waals surface area (Å²) in [6.45, 7) is 0. The van der Waals surface area contributed by atoms with E-state index in [-0.39, 0.29) is 0 Å². The van der Waals surface area contributed by atoms with Crippen LogP contribution in [0.2, 0.25) is 0 Å². The van der Waals surface area contributed by atoms with Crippen LogP contribution in [0.15, 0.2) is 35.2 Å². The Morgan fingerprint density at radius 3 is 2.76 bits per heavy atom. The molecule has 2 aromatic rings. The smallest absolute Gasteiger partial charge is 0.409 e. The Kier molecular flexibility index (Phi) is 3.04. The van der Waals surface area contributed by atoms with Crippen molar-refractivity contribution in [3.8, 4) is 17.1 Å². The van der Waals surface area contributed by atoms with Gasteiger partial charge in [-0.05, 0) is 12.1 Å². The van der Waals surface area contributed by atoms with Crippen molar-refractivity contribution in [1.29, 1.82) is 0 Å². The van der Waals surface area contributed by atoms with Crippen molar-refractivity contribution in [3.63, 3.8) is 0 Å². The lowest BCUT2D eigenvalue weighted by molar-refractivity contribution is 0.172. The van der Waals surface area contributed by atoms with Crippen molar-refractivity contribution < 1.29 is 14.1 Å². The molecule has 0 bridgehead atoms. The molecule has 0 aliphatic carbocycles. The lowest BCUT2D eigenvalue weighted by Crippen LogP contribution is -2.25. The van der Waals surface area contributed by atoms with Crippen LogP contribution in [0.3, 0.4) is 0 Å². The highest BCUT2D eigenvalue weighted by atomic mass is 16.6. The number of amides is 1. The van der Waals surface area contributed by atoms with Gasteiger partial charge in [0.25, 0.3) is 0 Å². The maximum absolute atomic E-state index is 11.5. The largest absolute Gasteiger partial charge is 0.414 e. The molecule has 0 atom stereocenters. The topological polar surface area (TPSA) is 68.5 Å². The molecule has 88 valence electrons. The number of ether oxygens (including phenoxy) is 1. The second kappa shape index (κ2) is 4.65. The molecule has 1 amide bonds. The number of hydrogen-bond acceptors (Lipinski definition) is 5. The molecule has 6 nitrogen and oxygen atoms in total. The van der Waals surface area contributed by atoms with Gasteiger partial charge in [0, 0.05) is 14.1 Å². The van der Waals surface area contributed by atoms with Crippen molar-refractivity contribution >= 4 is 6.09 Å². The molecular weight excluding hydrogens is 222 g/mol. The summed E-state index contributed by atoms with van der Waals surface area (Å²) in [5.41, 5.74) is 0.608. The number of rotatable bonds is 2. The molecule has 1 heterocycles. The fourth-order valence-electron chi connectivity index (χ4n) is 1.21. The molecule has 2 rings (SSSR count). The van der Waals surface area contributed by atoms with E-state index in [1.165, 1.54) is 11.3 Å². The molecule has 6 heteroatoms. The normalized spacial score (nSPS) is 10.0. The third-order valence-electron chi connectivity index (χ3n) is 2.05. The average Bonchev–Trinajstić information content (AvgIpc) is 2.83. The molecule has 0 aliphatic rings. The summed E-state index contributed by atoms with van der Waals surface area (Å²) in [5.74, 6) is 0.778. The average molecular weight is 233 g/mol. The number of carbonyl (C=O) groups excluding carboxylic acids is 1. The van der Waals surface area contributed by atoms with Crippen LogP contribution < -0.4 is 4.74 Å². The van der Waals surface area contributed by atoms with Crippen LogP contribution >= 0.6 is 0 Å². The van der Waals surface area contributed by atoms with Gasteiger partial charge in [-0.2, -0.15) is 4.98 Å². The van der Waals surface area contributed by atoms with Gasteiger partial charge in [0.2, 0.25) is 12.2 Å². The van der Waals surface area contributed by atoms with Gasteiger partial charge in [-0.3, -0.25) is 0 Å². The van der Waals surface area contributed by atoms with Gasteiger partial charge >= 0.3 is 6.09 Å². The first-order valence-electron chi connectivity index (χ1n) is 4.93. The standard InChI is InChI=1S/C11H11N3O3/c1-14(2)11(15)17-9-6-4-3-5-8(9)10-12-7-16-13-10/h3-7H,1-2H3.